The van der Waals surface area contributed by atoms with Gasteiger partial charge in [-0.05, 0) is 48.6 Å². The third-order valence-electron chi connectivity index (χ3n) is 5.54. The first-order valence-corrected chi connectivity index (χ1v) is 11.5. The minimum absolute atomic E-state index is 0.0619. The molecular weight excluding hydrogens is 402 g/mol. The first-order chi connectivity index (χ1) is 15.6. The van der Waals surface area contributed by atoms with E-state index in [1.807, 2.05) is 18.2 Å². The fourth-order valence-electron chi connectivity index (χ4n) is 3.76. The van der Waals surface area contributed by atoms with E-state index in [-0.39, 0.29) is 12.5 Å². The van der Waals surface area contributed by atoms with Crippen molar-refractivity contribution in [3.8, 4) is 5.75 Å². The first kappa shape index (κ1) is 23.8. The van der Waals surface area contributed by atoms with Crippen LogP contribution in [-0.2, 0) is 22.5 Å². The van der Waals surface area contributed by atoms with Crippen LogP contribution in [0.4, 0.5) is 0 Å². The zero-order valence-electron chi connectivity index (χ0n) is 19.5. The molecule has 0 aliphatic carbocycles. The van der Waals surface area contributed by atoms with Crippen molar-refractivity contribution >= 4 is 16.9 Å². The van der Waals surface area contributed by atoms with E-state index in [2.05, 4.69) is 54.1 Å². The topological polar surface area (TPSA) is 65.4 Å². The molecule has 6 nitrogen and oxygen atoms in total. The maximum atomic E-state index is 11.4. The number of para-hydroxylation sites is 2. The number of carbonyl (C=O) groups excluding carboxylic acids is 1. The molecule has 1 N–H and O–H groups in total. The molecule has 0 unspecified atom stereocenters. The summed E-state index contributed by atoms with van der Waals surface area (Å²) in [4.78, 5) is 16.3. The summed E-state index contributed by atoms with van der Waals surface area (Å²) < 4.78 is 13.1. The number of amides is 1. The number of fused-ring (bicyclic) bond motifs is 1. The van der Waals surface area contributed by atoms with Gasteiger partial charge >= 0.3 is 0 Å². The van der Waals surface area contributed by atoms with E-state index in [0.717, 1.165) is 54.8 Å². The zero-order valence-corrected chi connectivity index (χ0v) is 19.5. The van der Waals surface area contributed by atoms with Gasteiger partial charge in [0.1, 0.15) is 24.8 Å². The Balaban J connectivity index is 1.52. The number of carbonyl (C=O) groups is 1. The van der Waals surface area contributed by atoms with Gasteiger partial charge < -0.3 is 19.4 Å². The van der Waals surface area contributed by atoms with Crippen molar-refractivity contribution in [2.24, 2.45) is 0 Å². The Hall–Kier alpha value is -2.86. The van der Waals surface area contributed by atoms with Crippen LogP contribution in [0.1, 0.15) is 50.4 Å². The molecule has 6 heteroatoms. The minimum Gasteiger partial charge on any atom is -0.492 e. The molecule has 2 aromatic carbocycles. The summed E-state index contributed by atoms with van der Waals surface area (Å²) in [5.41, 5.74) is 3.49. The lowest BCUT2D eigenvalue weighted by Gasteiger charge is -2.12. The molecule has 172 valence electrons. The quantitative estimate of drug-likeness (QED) is 0.393. The summed E-state index contributed by atoms with van der Waals surface area (Å²) in [6, 6.07) is 16.6. The number of hydrogen-bond donors (Lipinski definition) is 1. The molecule has 1 heterocycles. The number of rotatable bonds is 13. The van der Waals surface area contributed by atoms with Crippen LogP contribution in [0, 0.1) is 0 Å². The molecule has 0 radical (unpaired) electrons. The number of imidazole rings is 1. The maximum Gasteiger partial charge on any atom is 0.245 e. The summed E-state index contributed by atoms with van der Waals surface area (Å²) in [6.45, 7) is 6.54. The molecule has 0 bridgehead atoms. The molecule has 1 amide bonds. The molecule has 3 aromatic rings. The fourth-order valence-corrected chi connectivity index (χ4v) is 3.76. The van der Waals surface area contributed by atoms with Crippen molar-refractivity contribution in [2.75, 3.05) is 26.9 Å². The SMILES string of the molecule is COCC(=O)NCCCCCc1nc2ccccc2n1CCOc1ccc(C(C)C)cc1. The summed E-state index contributed by atoms with van der Waals surface area (Å²) in [5, 5.41) is 2.87. The smallest absolute Gasteiger partial charge is 0.245 e. The Kier molecular flexibility index (Phi) is 9.11. The fraction of sp³-hybridized carbons (Fsp3) is 0.462. The number of ether oxygens (including phenoxy) is 2. The van der Waals surface area contributed by atoms with Gasteiger partial charge in [-0.1, -0.05) is 44.5 Å². The van der Waals surface area contributed by atoms with E-state index in [9.17, 15) is 4.79 Å². The maximum absolute atomic E-state index is 11.4. The molecule has 0 atom stereocenters. The van der Waals surface area contributed by atoms with E-state index in [1.54, 1.807) is 0 Å². The molecule has 0 fully saturated rings. The molecule has 32 heavy (non-hydrogen) atoms. The summed E-state index contributed by atoms with van der Waals surface area (Å²) in [5.74, 6) is 2.45. The van der Waals surface area contributed by atoms with Crippen molar-refractivity contribution in [3.05, 3.63) is 59.9 Å². The van der Waals surface area contributed by atoms with Crippen molar-refractivity contribution in [1.82, 2.24) is 14.9 Å². The van der Waals surface area contributed by atoms with Crippen LogP contribution in [-0.4, -0.2) is 42.3 Å². The second-order valence-electron chi connectivity index (χ2n) is 8.33. The average molecular weight is 438 g/mol. The van der Waals surface area contributed by atoms with E-state index in [0.29, 0.717) is 19.1 Å². The highest BCUT2D eigenvalue weighted by molar-refractivity contribution is 5.77. The minimum atomic E-state index is -0.0619. The third kappa shape index (κ3) is 6.82. The lowest BCUT2D eigenvalue weighted by Crippen LogP contribution is -2.27. The molecule has 1 aromatic heterocycles. The highest BCUT2D eigenvalue weighted by atomic mass is 16.5. The molecule has 0 spiro atoms. The van der Waals surface area contributed by atoms with Crippen LogP contribution in [0.25, 0.3) is 11.0 Å². The van der Waals surface area contributed by atoms with Crippen LogP contribution < -0.4 is 10.1 Å². The van der Waals surface area contributed by atoms with Crippen molar-refractivity contribution in [3.63, 3.8) is 0 Å². The monoisotopic (exact) mass is 437 g/mol. The van der Waals surface area contributed by atoms with E-state index in [1.165, 1.54) is 12.7 Å². The molecule has 0 aliphatic rings. The van der Waals surface area contributed by atoms with Gasteiger partial charge in [-0.25, -0.2) is 4.98 Å². The van der Waals surface area contributed by atoms with Gasteiger partial charge in [-0.15, -0.1) is 0 Å². The van der Waals surface area contributed by atoms with Crippen molar-refractivity contribution in [1.29, 1.82) is 0 Å². The van der Waals surface area contributed by atoms with Crippen molar-refractivity contribution < 1.29 is 14.3 Å². The predicted molar refractivity (Wildman–Crippen MR) is 128 cm³/mol. The summed E-state index contributed by atoms with van der Waals surface area (Å²) in [7, 11) is 1.53. The summed E-state index contributed by atoms with van der Waals surface area (Å²) in [6.07, 6.45) is 3.92. The van der Waals surface area contributed by atoms with Crippen LogP contribution in [0.5, 0.6) is 5.75 Å². The number of methoxy groups -OCH3 is 1. The highest BCUT2D eigenvalue weighted by Crippen LogP contribution is 2.20. The molecule has 3 rings (SSSR count). The number of benzene rings is 2. The number of hydrogen-bond acceptors (Lipinski definition) is 4. The number of aromatic nitrogens is 2. The van der Waals surface area contributed by atoms with Gasteiger partial charge in [0.25, 0.3) is 0 Å². The Morgan fingerprint density at radius 1 is 1.06 bits per heavy atom. The number of unbranched alkanes of at least 4 members (excludes halogenated alkanes) is 2. The lowest BCUT2D eigenvalue weighted by molar-refractivity contribution is -0.124. The van der Waals surface area contributed by atoms with E-state index >= 15 is 0 Å². The van der Waals surface area contributed by atoms with Crippen LogP contribution in [0.2, 0.25) is 0 Å². The van der Waals surface area contributed by atoms with Crippen LogP contribution >= 0.6 is 0 Å². The number of nitrogens with one attached hydrogen (secondary N) is 1. The predicted octanol–water partition coefficient (Wildman–Crippen LogP) is 4.71. The Morgan fingerprint density at radius 2 is 1.84 bits per heavy atom. The zero-order chi connectivity index (χ0) is 22.8. The largest absolute Gasteiger partial charge is 0.492 e. The lowest BCUT2D eigenvalue weighted by atomic mass is 10.0. The molecule has 0 saturated carbocycles. The van der Waals surface area contributed by atoms with Crippen molar-refractivity contribution in [2.45, 2.75) is 52.0 Å². The first-order valence-electron chi connectivity index (χ1n) is 11.5. The van der Waals surface area contributed by atoms with Crippen LogP contribution in [0.3, 0.4) is 0 Å². The Labute approximate surface area is 190 Å². The number of nitrogens with zero attached hydrogens (tertiary/aromatic N) is 2. The van der Waals surface area contributed by atoms with E-state index in [4.69, 9.17) is 14.5 Å². The van der Waals surface area contributed by atoms with Gasteiger partial charge in [0.2, 0.25) is 5.91 Å². The van der Waals surface area contributed by atoms with Gasteiger partial charge in [-0.2, -0.15) is 0 Å². The molecular formula is C26H35N3O3. The third-order valence-corrected chi connectivity index (χ3v) is 5.54. The Morgan fingerprint density at radius 3 is 2.59 bits per heavy atom. The standard InChI is InChI=1S/C26H35N3O3/c1-20(2)21-12-14-22(15-13-21)32-18-17-29-24-10-7-6-9-23(24)28-25(29)11-5-4-8-16-27-26(30)19-31-3/h6-7,9-10,12-15,20H,4-5,8,11,16-19H2,1-3H3,(H,27,30). The second-order valence-corrected chi connectivity index (χ2v) is 8.33. The molecule has 0 saturated heterocycles. The summed E-state index contributed by atoms with van der Waals surface area (Å²) >= 11 is 0. The average Bonchev–Trinajstić information content (AvgIpc) is 3.14. The van der Waals surface area contributed by atoms with Crippen LogP contribution in [0.15, 0.2) is 48.5 Å². The number of aryl methyl sites for hydroxylation is 1. The van der Waals surface area contributed by atoms with E-state index < -0.39 is 0 Å². The van der Waals surface area contributed by atoms with Gasteiger partial charge in [-0.3, -0.25) is 4.79 Å². The van der Waals surface area contributed by atoms with Gasteiger partial charge in [0, 0.05) is 20.1 Å². The molecule has 0 aliphatic heterocycles. The normalized spacial score (nSPS) is 11.2. The highest BCUT2D eigenvalue weighted by Gasteiger charge is 2.10. The Bertz CT molecular complexity index is 980. The second kappa shape index (κ2) is 12.2. The van der Waals surface area contributed by atoms with Gasteiger partial charge in [0.05, 0.1) is 17.6 Å². The van der Waals surface area contributed by atoms with Gasteiger partial charge in [0.15, 0.2) is 0 Å².